The molecule has 0 aliphatic heterocycles. The van der Waals surface area contributed by atoms with E-state index in [1.54, 1.807) is 12.1 Å². The van der Waals surface area contributed by atoms with E-state index in [9.17, 15) is 13.2 Å². The Morgan fingerprint density at radius 1 is 1.21 bits per heavy atom. The number of rotatable bonds is 4. The maximum absolute atomic E-state index is 13.3. The van der Waals surface area contributed by atoms with E-state index in [0.717, 1.165) is 12.8 Å². The Labute approximate surface area is 141 Å². The third-order valence-corrected chi connectivity index (χ3v) is 5.74. The molecule has 3 atom stereocenters. The normalized spacial score (nSPS) is 29.5. The minimum atomic E-state index is -4.24. The van der Waals surface area contributed by atoms with Crippen molar-refractivity contribution in [1.29, 1.82) is 0 Å². The van der Waals surface area contributed by atoms with Gasteiger partial charge in [0.05, 0.1) is 5.69 Å². The third-order valence-electron chi connectivity index (χ3n) is 5.74. The minimum Gasteiger partial charge on any atom is -0.474 e. The van der Waals surface area contributed by atoms with Crippen LogP contribution in [0.1, 0.15) is 58.6 Å². The van der Waals surface area contributed by atoms with Crippen molar-refractivity contribution in [3.8, 4) is 5.88 Å². The van der Waals surface area contributed by atoms with Gasteiger partial charge in [0.1, 0.15) is 11.5 Å². The van der Waals surface area contributed by atoms with E-state index in [0.29, 0.717) is 23.6 Å². The molecule has 0 radical (unpaired) electrons. The molecule has 0 spiro atoms. The van der Waals surface area contributed by atoms with E-state index < -0.39 is 11.6 Å². The first kappa shape index (κ1) is 17.6. The summed E-state index contributed by atoms with van der Waals surface area (Å²) in [6.45, 7) is 6.58. The van der Waals surface area contributed by atoms with E-state index >= 15 is 0 Å². The molecule has 2 aliphatic rings. The molecule has 0 unspecified atom stereocenters. The van der Waals surface area contributed by atoms with Crippen molar-refractivity contribution in [1.82, 2.24) is 4.98 Å². The highest BCUT2D eigenvalue weighted by Crippen LogP contribution is 2.58. The van der Waals surface area contributed by atoms with Crippen LogP contribution >= 0.6 is 0 Å². The van der Waals surface area contributed by atoms with Crippen LogP contribution in [0.3, 0.4) is 0 Å². The van der Waals surface area contributed by atoms with Gasteiger partial charge in [0.25, 0.3) is 0 Å². The summed E-state index contributed by atoms with van der Waals surface area (Å²) in [6.07, 6.45) is -0.706. The van der Waals surface area contributed by atoms with Crippen molar-refractivity contribution in [2.45, 2.75) is 70.6 Å². The second-order valence-corrected chi connectivity index (χ2v) is 7.92. The molecule has 3 rings (SSSR count). The fraction of sp³-hybridized carbons (Fsp3) is 0.737. The van der Waals surface area contributed by atoms with Gasteiger partial charge in [-0.25, -0.2) is 4.98 Å². The van der Waals surface area contributed by atoms with Gasteiger partial charge < -0.3 is 4.74 Å². The SMILES string of the molecule is CC(C)[C@@H]1CC[C@@H](C)C[C@H]1Oc1cccc(C2(C(F)(F)F)CC2)n1. The maximum atomic E-state index is 13.3. The standard InChI is InChI=1S/C19H26F3NO/c1-12(2)14-8-7-13(3)11-15(14)24-17-6-4-5-16(23-17)18(9-10-18)19(20,21)22/h4-6,12-15H,7-11H2,1-3H3/t13-,14+,15-/m1/s1. The van der Waals surface area contributed by atoms with Gasteiger partial charge in [0.2, 0.25) is 5.88 Å². The molecule has 0 amide bonds. The van der Waals surface area contributed by atoms with Gasteiger partial charge in [-0.3, -0.25) is 0 Å². The number of hydrogen-bond acceptors (Lipinski definition) is 2. The molecule has 1 aromatic heterocycles. The molecule has 2 fully saturated rings. The number of pyridine rings is 1. The fourth-order valence-corrected chi connectivity index (χ4v) is 3.96. The Kier molecular flexibility index (Phi) is 4.56. The van der Waals surface area contributed by atoms with Gasteiger partial charge in [-0.1, -0.05) is 33.3 Å². The lowest BCUT2D eigenvalue weighted by Gasteiger charge is -2.37. The van der Waals surface area contributed by atoms with Crippen molar-refractivity contribution >= 4 is 0 Å². The molecule has 0 N–H and O–H groups in total. The molecule has 0 bridgehead atoms. The van der Waals surface area contributed by atoms with E-state index in [1.165, 1.54) is 12.5 Å². The number of nitrogens with zero attached hydrogens (tertiary/aromatic N) is 1. The quantitative estimate of drug-likeness (QED) is 0.720. The highest BCUT2D eigenvalue weighted by atomic mass is 19.4. The largest absolute Gasteiger partial charge is 0.474 e. The summed E-state index contributed by atoms with van der Waals surface area (Å²) in [5.74, 6) is 1.85. The van der Waals surface area contributed by atoms with Crippen LogP contribution in [0.2, 0.25) is 0 Å². The Morgan fingerprint density at radius 3 is 2.50 bits per heavy atom. The summed E-state index contributed by atoms with van der Waals surface area (Å²) in [6, 6.07) is 4.81. The topological polar surface area (TPSA) is 22.1 Å². The molecule has 0 saturated heterocycles. The smallest absolute Gasteiger partial charge is 0.399 e. The predicted molar refractivity (Wildman–Crippen MR) is 87.0 cm³/mol. The summed E-state index contributed by atoms with van der Waals surface area (Å²) >= 11 is 0. The maximum Gasteiger partial charge on any atom is 0.399 e. The zero-order valence-corrected chi connectivity index (χ0v) is 14.6. The van der Waals surface area contributed by atoms with Crippen molar-refractivity contribution in [3.05, 3.63) is 23.9 Å². The number of ether oxygens (including phenoxy) is 1. The van der Waals surface area contributed by atoms with Crippen molar-refractivity contribution in [2.75, 3.05) is 0 Å². The fourth-order valence-electron chi connectivity index (χ4n) is 3.96. The van der Waals surface area contributed by atoms with Gasteiger partial charge in [-0.15, -0.1) is 0 Å². The second kappa shape index (κ2) is 6.23. The van der Waals surface area contributed by atoms with E-state index in [2.05, 4.69) is 25.8 Å². The van der Waals surface area contributed by atoms with Gasteiger partial charge >= 0.3 is 6.18 Å². The molecule has 134 valence electrons. The zero-order chi connectivity index (χ0) is 17.5. The molecule has 1 aromatic rings. The molecule has 2 aliphatic carbocycles. The van der Waals surface area contributed by atoms with Crippen LogP contribution in [-0.4, -0.2) is 17.3 Å². The van der Waals surface area contributed by atoms with Crippen molar-refractivity contribution < 1.29 is 17.9 Å². The van der Waals surface area contributed by atoms with Gasteiger partial charge in [-0.05, 0) is 49.5 Å². The Morgan fingerprint density at radius 2 is 1.92 bits per heavy atom. The van der Waals surface area contributed by atoms with Crippen LogP contribution in [0, 0.1) is 17.8 Å². The van der Waals surface area contributed by atoms with Crippen LogP contribution in [0.25, 0.3) is 0 Å². The monoisotopic (exact) mass is 341 g/mol. The number of hydrogen-bond donors (Lipinski definition) is 0. The first-order valence-electron chi connectivity index (χ1n) is 8.94. The Balaban J connectivity index is 1.79. The summed E-state index contributed by atoms with van der Waals surface area (Å²) in [7, 11) is 0. The minimum absolute atomic E-state index is 0.0394. The lowest BCUT2D eigenvalue weighted by molar-refractivity contribution is -0.161. The number of aromatic nitrogens is 1. The Hall–Kier alpha value is -1.26. The second-order valence-electron chi connectivity index (χ2n) is 7.92. The highest BCUT2D eigenvalue weighted by Gasteiger charge is 2.65. The van der Waals surface area contributed by atoms with E-state index in [-0.39, 0.29) is 24.6 Å². The van der Waals surface area contributed by atoms with Crippen LogP contribution in [0.4, 0.5) is 13.2 Å². The molecular formula is C19H26F3NO. The molecule has 2 saturated carbocycles. The van der Waals surface area contributed by atoms with E-state index in [1.807, 2.05) is 0 Å². The molecule has 24 heavy (non-hydrogen) atoms. The summed E-state index contributed by atoms with van der Waals surface area (Å²) in [5.41, 5.74) is -1.64. The molecule has 5 heteroatoms. The number of halogens is 3. The zero-order valence-electron chi connectivity index (χ0n) is 14.6. The van der Waals surface area contributed by atoms with Gasteiger partial charge in [-0.2, -0.15) is 13.2 Å². The molecular weight excluding hydrogens is 315 g/mol. The summed E-state index contributed by atoms with van der Waals surface area (Å²) in [5, 5.41) is 0. The first-order chi connectivity index (χ1) is 11.2. The predicted octanol–water partition coefficient (Wildman–Crippen LogP) is 5.52. The van der Waals surface area contributed by atoms with Crippen LogP contribution in [0.15, 0.2) is 18.2 Å². The summed E-state index contributed by atoms with van der Waals surface area (Å²) in [4.78, 5) is 4.24. The van der Waals surface area contributed by atoms with Crippen LogP contribution in [-0.2, 0) is 5.41 Å². The van der Waals surface area contributed by atoms with Crippen molar-refractivity contribution in [2.24, 2.45) is 17.8 Å². The molecule has 2 nitrogen and oxygen atoms in total. The highest BCUT2D eigenvalue weighted by molar-refractivity contribution is 5.30. The van der Waals surface area contributed by atoms with Gasteiger partial charge in [0.15, 0.2) is 0 Å². The lowest BCUT2D eigenvalue weighted by Crippen LogP contribution is -2.36. The van der Waals surface area contributed by atoms with Crippen LogP contribution in [0.5, 0.6) is 5.88 Å². The van der Waals surface area contributed by atoms with Crippen LogP contribution < -0.4 is 4.74 Å². The average Bonchev–Trinajstić information content (AvgIpc) is 3.28. The Bertz CT molecular complexity index is 580. The lowest BCUT2D eigenvalue weighted by atomic mass is 9.75. The third kappa shape index (κ3) is 3.27. The molecule has 1 heterocycles. The molecule has 0 aromatic carbocycles. The average molecular weight is 341 g/mol. The van der Waals surface area contributed by atoms with Crippen molar-refractivity contribution in [3.63, 3.8) is 0 Å². The van der Waals surface area contributed by atoms with Gasteiger partial charge in [0, 0.05) is 6.07 Å². The first-order valence-corrected chi connectivity index (χ1v) is 8.94. The summed E-state index contributed by atoms with van der Waals surface area (Å²) < 4.78 is 46.0. The van der Waals surface area contributed by atoms with E-state index in [4.69, 9.17) is 4.74 Å². The number of alkyl halides is 3.